The number of hydrogen-bond donors (Lipinski definition) is 1. The normalized spacial score (nSPS) is 34.8. The molecule has 1 rings (SSSR count). The fraction of sp³-hybridized carbons (Fsp3) is 0.846. The molecule has 1 fully saturated rings. The molecule has 82 valence electrons. The predicted molar refractivity (Wildman–Crippen MR) is 61.1 cm³/mol. The van der Waals surface area contributed by atoms with Crippen LogP contribution in [0, 0.1) is 17.8 Å². The molecule has 1 nitrogen and oxygen atoms in total. The molecule has 0 heterocycles. The maximum atomic E-state index is 10.4. The van der Waals surface area contributed by atoms with Crippen molar-refractivity contribution in [2.24, 2.45) is 17.8 Å². The molecule has 0 saturated heterocycles. The molecule has 0 aliphatic heterocycles. The molecular formula is C13H24O. The zero-order chi connectivity index (χ0) is 10.8. The van der Waals surface area contributed by atoms with Gasteiger partial charge in [-0.1, -0.05) is 33.3 Å². The highest BCUT2D eigenvalue weighted by Gasteiger charge is 2.42. The average molecular weight is 196 g/mol. The summed E-state index contributed by atoms with van der Waals surface area (Å²) in [6.45, 7) is 10.5. The van der Waals surface area contributed by atoms with Gasteiger partial charge in [-0.15, -0.1) is 6.58 Å². The second-order valence-electron chi connectivity index (χ2n) is 5.01. The van der Waals surface area contributed by atoms with Gasteiger partial charge >= 0.3 is 0 Å². The first-order valence-corrected chi connectivity index (χ1v) is 5.91. The maximum Gasteiger partial charge on any atom is 0.0855 e. The SMILES string of the molecule is C=CC1(O)CCCC1C(CC)C(C)C. The van der Waals surface area contributed by atoms with E-state index in [4.69, 9.17) is 0 Å². The van der Waals surface area contributed by atoms with Gasteiger partial charge < -0.3 is 5.11 Å². The van der Waals surface area contributed by atoms with E-state index in [-0.39, 0.29) is 0 Å². The van der Waals surface area contributed by atoms with E-state index in [9.17, 15) is 5.11 Å². The van der Waals surface area contributed by atoms with E-state index in [1.165, 1.54) is 12.8 Å². The van der Waals surface area contributed by atoms with Crippen molar-refractivity contribution in [2.45, 2.75) is 52.1 Å². The summed E-state index contributed by atoms with van der Waals surface area (Å²) in [7, 11) is 0. The standard InChI is InChI=1S/C13H24O/c1-5-11(10(3)4)12-8-7-9-13(12,14)6-2/h6,10-12,14H,2,5,7-9H2,1,3-4H3. The molecule has 0 aromatic heterocycles. The first kappa shape index (κ1) is 11.8. The molecule has 0 aromatic rings. The van der Waals surface area contributed by atoms with Gasteiger partial charge in [-0.3, -0.25) is 0 Å². The van der Waals surface area contributed by atoms with Crippen LogP contribution in [0.4, 0.5) is 0 Å². The number of rotatable bonds is 4. The second kappa shape index (κ2) is 4.48. The molecule has 1 heteroatoms. The van der Waals surface area contributed by atoms with Gasteiger partial charge in [-0.25, -0.2) is 0 Å². The Morgan fingerprint density at radius 3 is 2.64 bits per heavy atom. The Labute approximate surface area is 88.2 Å². The highest BCUT2D eigenvalue weighted by atomic mass is 16.3. The third-order valence-corrected chi connectivity index (χ3v) is 3.93. The van der Waals surface area contributed by atoms with E-state index in [1.54, 1.807) is 6.08 Å². The summed E-state index contributed by atoms with van der Waals surface area (Å²) in [6.07, 6.45) is 6.16. The molecule has 0 amide bonds. The summed E-state index contributed by atoms with van der Waals surface area (Å²) in [5.74, 6) is 1.74. The molecule has 1 aliphatic rings. The Hall–Kier alpha value is -0.300. The highest BCUT2D eigenvalue weighted by Crippen LogP contribution is 2.44. The van der Waals surface area contributed by atoms with Crippen LogP contribution < -0.4 is 0 Å². The summed E-state index contributed by atoms with van der Waals surface area (Å²) in [5, 5.41) is 10.4. The molecule has 0 spiro atoms. The molecule has 0 bridgehead atoms. The lowest BCUT2D eigenvalue weighted by Gasteiger charge is -2.35. The van der Waals surface area contributed by atoms with Gasteiger partial charge in [0, 0.05) is 0 Å². The molecule has 1 aliphatic carbocycles. The minimum Gasteiger partial charge on any atom is -0.386 e. The minimum atomic E-state index is -0.578. The lowest BCUT2D eigenvalue weighted by Crippen LogP contribution is -2.37. The van der Waals surface area contributed by atoms with Crippen LogP contribution in [0.15, 0.2) is 12.7 Å². The van der Waals surface area contributed by atoms with Crippen molar-refractivity contribution in [3.63, 3.8) is 0 Å². The molecule has 1 N–H and O–H groups in total. The van der Waals surface area contributed by atoms with Crippen molar-refractivity contribution < 1.29 is 5.11 Å². The highest BCUT2D eigenvalue weighted by molar-refractivity contribution is 5.06. The molecule has 1 saturated carbocycles. The van der Waals surface area contributed by atoms with E-state index >= 15 is 0 Å². The quantitative estimate of drug-likeness (QED) is 0.683. The molecule has 0 aromatic carbocycles. The summed E-state index contributed by atoms with van der Waals surface area (Å²) in [6, 6.07) is 0. The van der Waals surface area contributed by atoms with E-state index in [1.807, 2.05) is 0 Å². The largest absolute Gasteiger partial charge is 0.386 e. The van der Waals surface area contributed by atoms with Crippen LogP contribution >= 0.6 is 0 Å². The lowest BCUT2D eigenvalue weighted by atomic mass is 9.74. The summed E-state index contributed by atoms with van der Waals surface area (Å²) >= 11 is 0. The molecule has 3 unspecified atom stereocenters. The summed E-state index contributed by atoms with van der Waals surface area (Å²) in [5.41, 5.74) is -0.578. The fourth-order valence-electron chi connectivity index (χ4n) is 3.10. The average Bonchev–Trinajstić information content (AvgIpc) is 2.50. The molecular weight excluding hydrogens is 172 g/mol. The predicted octanol–water partition coefficient (Wildman–Crippen LogP) is 3.39. The van der Waals surface area contributed by atoms with Crippen molar-refractivity contribution in [1.29, 1.82) is 0 Å². The zero-order valence-electron chi connectivity index (χ0n) is 9.79. The summed E-state index contributed by atoms with van der Waals surface area (Å²) in [4.78, 5) is 0. The Morgan fingerprint density at radius 2 is 2.21 bits per heavy atom. The van der Waals surface area contributed by atoms with E-state index in [0.717, 1.165) is 12.8 Å². The summed E-state index contributed by atoms with van der Waals surface area (Å²) < 4.78 is 0. The van der Waals surface area contributed by atoms with Crippen LogP contribution in [0.1, 0.15) is 46.5 Å². The van der Waals surface area contributed by atoms with E-state index in [2.05, 4.69) is 27.4 Å². The Bertz CT molecular complexity index is 197. The topological polar surface area (TPSA) is 20.2 Å². The van der Waals surface area contributed by atoms with Gasteiger partial charge in [0.05, 0.1) is 5.60 Å². The first-order valence-electron chi connectivity index (χ1n) is 5.91. The Balaban J connectivity index is 2.79. The first-order chi connectivity index (χ1) is 6.55. The van der Waals surface area contributed by atoms with Gasteiger partial charge in [0.25, 0.3) is 0 Å². The van der Waals surface area contributed by atoms with Crippen LogP contribution in [0.3, 0.4) is 0 Å². The van der Waals surface area contributed by atoms with Crippen molar-refractivity contribution in [3.8, 4) is 0 Å². The van der Waals surface area contributed by atoms with Gasteiger partial charge in [0.15, 0.2) is 0 Å². The molecule has 3 atom stereocenters. The smallest absolute Gasteiger partial charge is 0.0855 e. The van der Waals surface area contributed by atoms with Crippen LogP contribution in [-0.4, -0.2) is 10.7 Å². The number of aliphatic hydroxyl groups is 1. The van der Waals surface area contributed by atoms with E-state index < -0.39 is 5.60 Å². The van der Waals surface area contributed by atoms with Crippen molar-refractivity contribution in [2.75, 3.05) is 0 Å². The fourth-order valence-corrected chi connectivity index (χ4v) is 3.10. The zero-order valence-corrected chi connectivity index (χ0v) is 9.79. The van der Waals surface area contributed by atoms with Gasteiger partial charge in [-0.2, -0.15) is 0 Å². The van der Waals surface area contributed by atoms with Crippen LogP contribution in [0.25, 0.3) is 0 Å². The van der Waals surface area contributed by atoms with Crippen LogP contribution in [0.2, 0.25) is 0 Å². The van der Waals surface area contributed by atoms with Crippen molar-refractivity contribution in [1.82, 2.24) is 0 Å². The Kier molecular flexibility index (Phi) is 3.77. The van der Waals surface area contributed by atoms with E-state index in [0.29, 0.717) is 17.8 Å². The minimum absolute atomic E-state index is 0.435. The maximum absolute atomic E-state index is 10.4. The van der Waals surface area contributed by atoms with Crippen molar-refractivity contribution >= 4 is 0 Å². The third kappa shape index (κ3) is 2.03. The van der Waals surface area contributed by atoms with Gasteiger partial charge in [-0.05, 0) is 37.0 Å². The van der Waals surface area contributed by atoms with Gasteiger partial charge in [0.1, 0.15) is 0 Å². The Morgan fingerprint density at radius 1 is 1.57 bits per heavy atom. The molecule has 14 heavy (non-hydrogen) atoms. The second-order valence-corrected chi connectivity index (χ2v) is 5.01. The van der Waals surface area contributed by atoms with Crippen LogP contribution in [-0.2, 0) is 0 Å². The van der Waals surface area contributed by atoms with Gasteiger partial charge in [0.2, 0.25) is 0 Å². The molecule has 0 radical (unpaired) electrons. The van der Waals surface area contributed by atoms with Crippen LogP contribution in [0.5, 0.6) is 0 Å². The number of hydrogen-bond acceptors (Lipinski definition) is 1. The van der Waals surface area contributed by atoms with Crippen molar-refractivity contribution in [3.05, 3.63) is 12.7 Å². The monoisotopic (exact) mass is 196 g/mol. The third-order valence-electron chi connectivity index (χ3n) is 3.93. The lowest BCUT2D eigenvalue weighted by molar-refractivity contribution is 0.0113.